The molecule has 1 aromatic carbocycles. The van der Waals surface area contributed by atoms with E-state index in [4.69, 9.17) is 16.0 Å². The molecule has 3 aromatic rings. The van der Waals surface area contributed by atoms with Crippen LogP contribution in [-0.2, 0) is 6.54 Å². The Labute approximate surface area is 141 Å². The van der Waals surface area contributed by atoms with Crippen molar-refractivity contribution in [3.05, 3.63) is 69.3 Å². The molecule has 0 fully saturated rings. The molecule has 0 unspecified atom stereocenters. The zero-order valence-electron chi connectivity index (χ0n) is 12.7. The van der Waals surface area contributed by atoms with Crippen molar-refractivity contribution >= 4 is 17.5 Å². The van der Waals surface area contributed by atoms with Crippen molar-refractivity contribution in [3.63, 3.8) is 0 Å². The van der Waals surface area contributed by atoms with Gasteiger partial charge in [-0.05, 0) is 31.2 Å². The van der Waals surface area contributed by atoms with Crippen LogP contribution in [0.5, 0.6) is 0 Å². The topological polar surface area (TPSA) is 101 Å². The molecule has 24 heavy (non-hydrogen) atoms. The van der Waals surface area contributed by atoms with Crippen LogP contribution in [0.25, 0.3) is 11.3 Å². The molecule has 0 saturated carbocycles. The number of aryl methyl sites for hydroxylation is 1. The lowest BCUT2D eigenvalue weighted by Crippen LogP contribution is -2.25. The fourth-order valence-electron chi connectivity index (χ4n) is 2.11. The second kappa shape index (κ2) is 6.67. The molecular weight excluding hydrogens is 332 g/mol. The summed E-state index contributed by atoms with van der Waals surface area (Å²) in [6, 6.07) is 7.20. The Kier molecular flexibility index (Phi) is 4.43. The fourth-order valence-corrected chi connectivity index (χ4v) is 2.24. The van der Waals surface area contributed by atoms with E-state index < -0.39 is 5.91 Å². The largest absolute Gasteiger partial charge is 0.438 e. The van der Waals surface area contributed by atoms with E-state index in [2.05, 4.69) is 20.3 Å². The zero-order chi connectivity index (χ0) is 17.1. The van der Waals surface area contributed by atoms with Crippen LogP contribution in [0.1, 0.15) is 22.1 Å². The van der Waals surface area contributed by atoms with Gasteiger partial charge in [0.15, 0.2) is 5.76 Å². The molecule has 2 heterocycles. The van der Waals surface area contributed by atoms with Crippen LogP contribution in [0.3, 0.4) is 0 Å². The third-order valence-corrected chi connectivity index (χ3v) is 3.50. The highest BCUT2D eigenvalue weighted by molar-refractivity contribution is 6.30. The minimum atomic E-state index is -0.435. The van der Waals surface area contributed by atoms with Gasteiger partial charge in [-0.2, -0.15) is 0 Å². The number of oxazole rings is 1. The summed E-state index contributed by atoms with van der Waals surface area (Å²) in [6.07, 6.45) is 2.29. The molecule has 0 bridgehead atoms. The van der Waals surface area contributed by atoms with Crippen molar-refractivity contribution < 1.29 is 9.21 Å². The summed E-state index contributed by atoms with van der Waals surface area (Å²) in [5, 5.41) is 3.27. The average molecular weight is 345 g/mol. The predicted molar refractivity (Wildman–Crippen MR) is 87.7 cm³/mol. The van der Waals surface area contributed by atoms with E-state index in [1.165, 1.54) is 6.20 Å². The molecule has 0 saturated heterocycles. The summed E-state index contributed by atoms with van der Waals surface area (Å²) in [5.74, 6) is 0.559. The second-order valence-corrected chi connectivity index (χ2v) is 5.44. The highest BCUT2D eigenvalue weighted by Crippen LogP contribution is 2.25. The Morgan fingerprint density at radius 3 is 2.75 bits per heavy atom. The number of aromatic nitrogens is 3. The quantitative estimate of drug-likeness (QED) is 0.756. The molecule has 0 spiro atoms. The molecule has 2 aromatic heterocycles. The number of amides is 1. The number of aromatic amines is 1. The highest BCUT2D eigenvalue weighted by atomic mass is 35.5. The molecule has 3 rings (SSSR count). The third kappa shape index (κ3) is 3.52. The normalized spacial score (nSPS) is 10.6. The number of halogens is 1. The molecule has 0 aliphatic rings. The summed E-state index contributed by atoms with van der Waals surface area (Å²) in [5.41, 5.74) is 1.30. The number of carbonyl (C=O) groups is 1. The Morgan fingerprint density at radius 2 is 2.08 bits per heavy atom. The van der Waals surface area contributed by atoms with Gasteiger partial charge < -0.3 is 14.7 Å². The van der Waals surface area contributed by atoms with Gasteiger partial charge in [0, 0.05) is 16.8 Å². The number of hydrogen-bond donors (Lipinski definition) is 2. The summed E-state index contributed by atoms with van der Waals surface area (Å²) in [7, 11) is 0. The van der Waals surface area contributed by atoms with Gasteiger partial charge in [-0.3, -0.25) is 9.59 Å². The number of carbonyl (C=O) groups excluding carboxylic acids is 1. The van der Waals surface area contributed by atoms with E-state index >= 15 is 0 Å². The van der Waals surface area contributed by atoms with E-state index in [9.17, 15) is 9.59 Å². The van der Waals surface area contributed by atoms with Crippen molar-refractivity contribution in [2.45, 2.75) is 13.5 Å². The van der Waals surface area contributed by atoms with Gasteiger partial charge in [0.25, 0.3) is 11.5 Å². The van der Waals surface area contributed by atoms with Crippen LogP contribution in [-0.4, -0.2) is 20.9 Å². The smallest absolute Gasteiger partial charge is 0.271 e. The Hall–Kier alpha value is -2.93. The molecule has 0 aliphatic heterocycles. The Morgan fingerprint density at radius 1 is 1.33 bits per heavy atom. The number of rotatable bonds is 4. The maximum absolute atomic E-state index is 11.9. The average Bonchev–Trinajstić information content (AvgIpc) is 2.95. The molecular formula is C16H13ClN4O3. The lowest BCUT2D eigenvalue weighted by Gasteiger charge is -2.01. The SMILES string of the molecule is Cc1nc(CNC(=O)c2c[nH]c(=O)cn2)oc1-c1ccc(Cl)cc1. The summed E-state index contributed by atoms with van der Waals surface area (Å²) in [4.78, 5) is 33.3. The van der Waals surface area contributed by atoms with Gasteiger partial charge >= 0.3 is 0 Å². The predicted octanol–water partition coefficient (Wildman–Crippen LogP) is 2.32. The van der Waals surface area contributed by atoms with Crippen molar-refractivity contribution in [3.8, 4) is 11.3 Å². The molecule has 122 valence electrons. The molecule has 7 nitrogen and oxygen atoms in total. The maximum atomic E-state index is 11.9. The van der Waals surface area contributed by atoms with Crippen molar-refractivity contribution in [1.82, 2.24) is 20.3 Å². The highest BCUT2D eigenvalue weighted by Gasteiger charge is 2.13. The summed E-state index contributed by atoms with van der Waals surface area (Å²) in [6.45, 7) is 1.93. The molecule has 8 heteroatoms. The van der Waals surface area contributed by atoms with E-state index in [-0.39, 0.29) is 17.8 Å². The maximum Gasteiger partial charge on any atom is 0.271 e. The van der Waals surface area contributed by atoms with Gasteiger partial charge in [-0.25, -0.2) is 9.97 Å². The molecule has 0 atom stereocenters. The third-order valence-electron chi connectivity index (χ3n) is 3.25. The molecule has 2 N–H and O–H groups in total. The lowest BCUT2D eigenvalue weighted by atomic mass is 10.1. The summed E-state index contributed by atoms with van der Waals surface area (Å²) < 4.78 is 5.70. The van der Waals surface area contributed by atoms with Crippen molar-refractivity contribution in [2.24, 2.45) is 0 Å². The van der Waals surface area contributed by atoms with Crippen LogP contribution in [0.15, 0.2) is 45.9 Å². The number of nitrogens with one attached hydrogen (secondary N) is 2. The first-order chi connectivity index (χ1) is 11.5. The van der Waals surface area contributed by atoms with E-state index in [0.717, 1.165) is 11.8 Å². The van der Waals surface area contributed by atoms with Crippen LogP contribution in [0, 0.1) is 6.92 Å². The number of hydrogen-bond acceptors (Lipinski definition) is 5. The van der Waals surface area contributed by atoms with E-state index in [0.29, 0.717) is 22.4 Å². The van der Waals surface area contributed by atoms with E-state index in [1.54, 1.807) is 12.1 Å². The Balaban J connectivity index is 1.71. The number of nitrogens with zero attached hydrogens (tertiary/aromatic N) is 2. The first-order valence-corrected chi connectivity index (χ1v) is 7.46. The van der Waals surface area contributed by atoms with Crippen LogP contribution in [0.2, 0.25) is 5.02 Å². The molecule has 1 amide bonds. The van der Waals surface area contributed by atoms with Gasteiger partial charge in [-0.1, -0.05) is 11.6 Å². The first-order valence-electron chi connectivity index (χ1n) is 7.08. The first kappa shape index (κ1) is 15.9. The van der Waals surface area contributed by atoms with Crippen LogP contribution >= 0.6 is 11.6 Å². The van der Waals surface area contributed by atoms with Gasteiger partial charge in [0.1, 0.15) is 5.69 Å². The number of H-pyrrole nitrogens is 1. The number of benzene rings is 1. The van der Waals surface area contributed by atoms with E-state index in [1.807, 2.05) is 19.1 Å². The van der Waals surface area contributed by atoms with Gasteiger partial charge in [0.05, 0.1) is 18.4 Å². The molecule has 0 aliphatic carbocycles. The van der Waals surface area contributed by atoms with Crippen LogP contribution in [0.4, 0.5) is 0 Å². The van der Waals surface area contributed by atoms with Crippen LogP contribution < -0.4 is 10.9 Å². The molecule has 0 radical (unpaired) electrons. The minimum absolute atomic E-state index is 0.105. The summed E-state index contributed by atoms with van der Waals surface area (Å²) >= 11 is 5.87. The standard InChI is InChI=1S/C16H13ClN4O3/c1-9-15(10-2-4-11(17)5-3-10)24-14(21-9)8-20-16(23)12-6-19-13(22)7-18-12/h2-7H,8H2,1H3,(H,19,22)(H,20,23). The van der Waals surface area contributed by atoms with Crippen molar-refractivity contribution in [1.29, 1.82) is 0 Å². The van der Waals surface area contributed by atoms with Crippen molar-refractivity contribution in [2.75, 3.05) is 0 Å². The fraction of sp³-hybridized carbons (Fsp3) is 0.125. The van der Waals surface area contributed by atoms with Gasteiger partial charge in [-0.15, -0.1) is 0 Å². The Bertz CT molecular complexity index is 911. The lowest BCUT2D eigenvalue weighted by molar-refractivity contribution is 0.0942. The second-order valence-electron chi connectivity index (χ2n) is 5.01. The monoisotopic (exact) mass is 344 g/mol. The minimum Gasteiger partial charge on any atom is -0.438 e. The van der Waals surface area contributed by atoms with Gasteiger partial charge in [0.2, 0.25) is 5.89 Å². The zero-order valence-corrected chi connectivity index (χ0v) is 13.4.